The van der Waals surface area contributed by atoms with Crippen molar-refractivity contribution in [1.82, 2.24) is 19.5 Å². The van der Waals surface area contributed by atoms with Crippen LogP contribution in [0, 0.1) is 0 Å². The molecule has 9 heteroatoms. The van der Waals surface area contributed by atoms with Crippen LogP contribution in [-0.2, 0) is 27.8 Å². The largest absolute Gasteiger partial charge is 0.328 e. The summed E-state index contributed by atoms with van der Waals surface area (Å²) in [5.74, 6) is 1.30. The molecule has 0 aliphatic heterocycles. The Balaban J connectivity index is 1.57. The van der Waals surface area contributed by atoms with Crippen LogP contribution in [0.15, 0.2) is 48.9 Å². The molecule has 0 spiro atoms. The Kier molecular flexibility index (Phi) is 4.70. The topological polar surface area (TPSA) is 99.0 Å². The van der Waals surface area contributed by atoms with Gasteiger partial charge in [0.1, 0.15) is 17.3 Å². The third-order valence-electron chi connectivity index (χ3n) is 4.41. The van der Waals surface area contributed by atoms with Crippen molar-refractivity contribution in [2.45, 2.75) is 6.42 Å². The molecule has 4 aromatic rings. The van der Waals surface area contributed by atoms with Gasteiger partial charge in [0.05, 0.1) is 18.4 Å². The summed E-state index contributed by atoms with van der Waals surface area (Å²) in [6.07, 6.45) is 6.78. The molecule has 0 atom stereocenters. The Hall–Kier alpha value is -3.04. The zero-order chi connectivity index (χ0) is 19.7. The van der Waals surface area contributed by atoms with Crippen molar-refractivity contribution in [3.05, 3.63) is 54.5 Å². The van der Waals surface area contributed by atoms with Gasteiger partial charge in [-0.1, -0.05) is 0 Å². The number of pyridine rings is 3. The van der Waals surface area contributed by atoms with E-state index in [9.17, 15) is 8.42 Å². The number of rotatable bonds is 6. The molecule has 0 bridgehead atoms. The zero-order valence-electron chi connectivity index (χ0n) is 15.5. The number of aromatic nitrogens is 4. The molecule has 4 heterocycles. The number of anilines is 2. The van der Waals surface area contributed by atoms with Crippen LogP contribution in [0.2, 0.25) is 0 Å². The Morgan fingerprint density at radius 1 is 1.11 bits per heavy atom. The highest BCUT2D eigenvalue weighted by Gasteiger charge is 2.10. The molecular weight excluding hydrogens is 378 g/mol. The van der Waals surface area contributed by atoms with Crippen LogP contribution < -0.4 is 5.32 Å². The molecule has 0 saturated carbocycles. The Bertz CT molecular complexity index is 1270. The van der Waals surface area contributed by atoms with Gasteiger partial charge in [0.25, 0.3) is 10.1 Å². The lowest BCUT2D eigenvalue weighted by Crippen LogP contribution is -2.06. The van der Waals surface area contributed by atoms with Gasteiger partial charge < -0.3 is 9.88 Å². The summed E-state index contributed by atoms with van der Waals surface area (Å²) in [4.78, 5) is 13.2. The van der Waals surface area contributed by atoms with Gasteiger partial charge in [-0.3, -0.25) is 9.17 Å². The smallest absolute Gasteiger partial charge is 0.264 e. The fourth-order valence-electron chi connectivity index (χ4n) is 3.13. The number of nitrogens with one attached hydrogen (secondary N) is 1. The highest BCUT2D eigenvalue weighted by atomic mass is 32.2. The third-order valence-corrected chi connectivity index (χ3v) is 5.01. The summed E-state index contributed by atoms with van der Waals surface area (Å²) in [7, 11) is -1.46. The van der Waals surface area contributed by atoms with Crippen LogP contribution in [0.1, 0.15) is 5.56 Å². The summed E-state index contributed by atoms with van der Waals surface area (Å²) in [5.41, 5.74) is 2.84. The van der Waals surface area contributed by atoms with Crippen LogP contribution >= 0.6 is 0 Å². The second-order valence-electron chi connectivity index (χ2n) is 6.47. The van der Waals surface area contributed by atoms with E-state index in [-0.39, 0.29) is 6.61 Å². The maximum atomic E-state index is 11.1. The molecule has 28 heavy (non-hydrogen) atoms. The first kappa shape index (κ1) is 18.3. The van der Waals surface area contributed by atoms with Crippen LogP contribution in [-0.4, -0.2) is 40.8 Å². The third kappa shape index (κ3) is 3.80. The van der Waals surface area contributed by atoms with Crippen molar-refractivity contribution >= 4 is 43.7 Å². The summed E-state index contributed by atoms with van der Waals surface area (Å²) in [6.45, 7) is 0.0937. The fourth-order valence-corrected chi connectivity index (χ4v) is 3.51. The summed E-state index contributed by atoms with van der Waals surface area (Å²) >= 11 is 0. The maximum absolute atomic E-state index is 11.1. The van der Waals surface area contributed by atoms with Crippen LogP contribution in [0.3, 0.4) is 0 Å². The standard InChI is InChI=1S/C19H19N5O3S/c1-24-16-6-8-20-12-15(16)14-3-4-17(23-19(14)24)22-18-11-13(5-9-21-18)7-10-27-28(2,25)26/h3-6,8-9,11-12H,7,10H2,1-2H3,(H,21,22,23). The van der Waals surface area contributed by atoms with Gasteiger partial charge in [0.15, 0.2) is 0 Å². The molecule has 4 rings (SSSR count). The van der Waals surface area contributed by atoms with Gasteiger partial charge in [-0.2, -0.15) is 8.42 Å². The molecule has 0 saturated heterocycles. The van der Waals surface area contributed by atoms with E-state index in [1.54, 1.807) is 12.4 Å². The lowest BCUT2D eigenvalue weighted by Gasteiger charge is -2.08. The highest BCUT2D eigenvalue weighted by molar-refractivity contribution is 7.85. The molecule has 0 unspecified atom stereocenters. The van der Waals surface area contributed by atoms with Crippen molar-refractivity contribution in [2.75, 3.05) is 18.2 Å². The van der Waals surface area contributed by atoms with Gasteiger partial charge in [0.2, 0.25) is 0 Å². The normalized spacial score (nSPS) is 11.9. The Morgan fingerprint density at radius 3 is 2.79 bits per heavy atom. The molecule has 4 aromatic heterocycles. The summed E-state index contributed by atoms with van der Waals surface area (Å²) in [6, 6.07) is 9.55. The molecule has 0 amide bonds. The van der Waals surface area contributed by atoms with E-state index in [4.69, 9.17) is 9.17 Å². The van der Waals surface area contributed by atoms with Crippen molar-refractivity contribution in [1.29, 1.82) is 0 Å². The Labute approximate surface area is 162 Å². The summed E-state index contributed by atoms with van der Waals surface area (Å²) < 4.78 is 29.0. The van der Waals surface area contributed by atoms with E-state index in [1.165, 1.54) is 0 Å². The zero-order valence-corrected chi connectivity index (χ0v) is 16.3. The molecular formula is C19H19N5O3S. The molecule has 0 aromatic carbocycles. The van der Waals surface area contributed by atoms with Gasteiger partial charge in [-0.25, -0.2) is 9.97 Å². The number of fused-ring (bicyclic) bond motifs is 3. The molecule has 0 aliphatic rings. The minimum Gasteiger partial charge on any atom is -0.328 e. The van der Waals surface area contributed by atoms with Crippen molar-refractivity contribution in [3.63, 3.8) is 0 Å². The van der Waals surface area contributed by atoms with Crippen molar-refractivity contribution < 1.29 is 12.6 Å². The van der Waals surface area contributed by atoms with E-state index < -0.39 is 10.1 Å². The van der Waals surface area contributed by atoms with Crippen molar-refractivity contribution in [2.24, 2.45) is 7.05 Å². The van der Waals surface area contributed by atoms with E-state index >= 15 is 0 Å². The average Bonchev–Trinajstić information content (AvgIpc) is 2.94. The molecule has 0 fully saturated rings. The highest BCUT2D eigenvalue weighted by Crippen LogP contribution is 2.27. The minimum absolute atomic E-state index is 0.0937. The predicted octanol–water partition coefficient (Wildman–Crippen LogP) is 2.78. The van der Waals surface area contributed by atoms with Crippen LogP contribution in [0.25, 0.3) is 21.9 Å². The monoisotopic (exact) mass is 397 g/mol. The number of nitrogens with zero attached hydrogens (tertiary/aromatic N) is 4. The first-order valence-electron chi connectivity index (χ1n) is 8.66. The second-order valence-corrected chi connectivity index (χ2v) is 8.11. The minimum atomic E-state index is -3.44. The SMILES string of the molecule is Cn1c2ccncc2c2ccc(Nc3cc(CCOS(C)(=O)=O)ccn3)nc21. The summed E-state index contributed by atoms with van der Waals surface area (Å²) in [5, 5.41) is 5.30. The number of hydrogen-bond acceptors (Lipinski definition) is 7. The molecule has 8 nitrogen and oxygen atoms in total. The van der Waals surface area contributed by atoms with Gasteiger partial charge >= 0.3 is 0 Å². The van der Waals surface area contributed by atoms with E-state index in [0.29, 0.717) is 18.1 Å². The predicted molar refractivity (Wildman–Crippen MR) is 108 cm³/mol. The van der Waals surface area contributed by atoms with Crippen LogP contribution in [0.5, 0.6) is 0 Å². The van der Waals surface area contributed by atoms with E-state index in [0.717, 1.165) is 33.8 Å². The van der Waals surface area contributed by atoms with Gasteiger partial charge in [-0.05, 0) is 42.3 Å². The number of aryl methyl sites for hydroxylation is 1. The van der Waals surface area contributed by atoms with Gasteiger partial charge in [-0.15, -0.1) is 0 Å². The first-order valence-corrected chi connectivity index (χ1v) is 10.5. The molecule has 0 radical (unpaired) electrons. The average molecular weight is 397 g/mol. The second kappa shape index (κ2) is 7.17. The fraction of sp³-hybridized carbons (Fsp3) is 0.211. The van der Waals surface area contributed by atoms with E-state index in [1.807, 2.05) is 48.1 Å². The Morgan fingerprint density at radius 2 is 1.96 bits per heavy atom. The molecule has 1 N–H and O–H groups in total. The molecule has 144 valence electrons. The van der Waals surface area contributed by atoms with Crippen LogP contribution in [0.4, 0.5) is 11.6 Å². The van der Waals surface area contributed by atoms with Crippen molar-refractivity contribution in [3.8, 4) is 0 Å². The lowest BCUT2D eigenvalue weighted by atomic mass is 10.2. The number of hydrogen-bond donors (Lipinski definition) is 1. The van der Waals surface area contributed by atoms with Gasteiger partial charge in [0, 0.05) is 36.4 Å². The quantitative estimate of drug-likeness (QED) is 0.500. The molecule has 0 aliphatic carbocycles. The van der Waals surface area contributed by atoms with E-state index in [2.05, 4.69) is 15.3 Å². The maximum Gasteiger partial charge on any atom is 0.264 e. The first-order chi connectivity index (χ1) is 13.4. The lowest BCUT2D eigenvalue weighted by molar-refractivity contribution is 0.326.